The first kappa shape index (κ1) is 18.5. The summed E-state index contributed by atoms with van der Waals surface area (Å²) in [6.07, 6.45) is 2.09. The third-order valence-corrected chi connectivity index (χ3v) is 6.43. The number of nitrogens with one attached hydrogen (secondary N) is 1. The summed E-state index contributed by atoms with van der Waals surface area (Å²) < 4.78 is 50.1. The highest BCUT2D eigenvalue weighted by molar-refractivity contribution is 7.92. The Bertz CT molecular complexity index is 900. The highest BCUT2D eigenvalue weighted by Crippen LogP contribution is 2.22. The number of sulfone groups is 1. The van der Waals surface area contributed by atoms with Crippen LogP contribution < -0.4 is 4.72 Å². The van der Waals surface area contributed by atoms with Crippen LogP contribution in [0.1, 0.15) is 31.7 Å². The van der Waals surface area contributed by atoms with Crippen LogP contribution in [0.5, 0.6) is 0 Å². The molecule has 130 valence electrons. The summed E-state index contributed by atoms with van der Waals surface area (Å²) in [4.78, 5) is 0.310. The van der Waals surface area contributed by atoms with Gasteiger partial charge in [0.15, 0.2) is 9.84 Å². The lowest BCUT2D eigenvalue weighted by molar-refractivity contribution is 0.600. The SMILES string of the molecule is CC[C@@H](C)c1ccc(S(=O)(=O)Nc2ccc(S(C)(=O)=O)cc2)cc1. The van der Waals surface area contributed by atoms with Crippen molar-refractivity contribution < 1.29 is 16.8 Å². The molecule has 2 rings (SSSR count). The molecule has 2 aromatic carbocycles. The van der Waals surface area contributed by atoms with Crippen LogP contribution in [-0.2, 0) is 19.9 Å². The maximum Gasteiger partial charge on any atom is 0.261 e. The van der Waals surface area contributed by atoms with Crippen molar-refractivity contribution >= 4 is 25.5 Å². The predicted octanol–water partition coefficient (Wildman–Crippen LogP) is 3.40. The van der Waals surface area contributed by atoms with Crippen LogP contribution in [0, 0.1) is 0 Å². The quantitative estimate of drug-likeness (QED) is 0.848. The maximum atomic E-state index is 12.4. The van der Waals surface area contributed by atoms with Gasteiger partial charge in [-0.3, -0.25) is 4.72 Å². The Labute approximate surface area is 143 Å². The normalized spacial score (nSPS) is 13.5. The summed E-state index contributed by atoms with van der Waals surface area (Å²) in [5.74, 6) is 0.373. The summed E-state index contributed by atoms with van der Waals surface area (Å²) in [5, 5.41) is 0. The molecule has 0 spiro atoms. The van der Waals surface area contributed by atoms with Crippen molar-refractivity contribution in [1.82, 2.24) is 0 Å². The number of sulfonamides is 1. The van der Waals surface area contributed by atoms with E-state index in [1.54, 1.807) is 12.1 Å². The van der Waals surface area contributed by atoms with Gasteiger partial charge in [0.05, 0.1) is 9.79 Å². The Balaban J connectivity index is 2.22. The molecular weight excluding hydrogens is 346 g/mol. The summed E-state index contributed by atoms with van der Waals surface area (Å²) >= 11 is 0. The highest BCUT2D eigenvalue weighted by atomic mass is 32.2. The van der Waals surface area contributed by atoms with E-state index < -0.39 is 19.9 Å². The van der Waals surface area contributed by atoms with Gasteiger partial charge < -0.3 is 0 Å². The van der Waals surface area contributed by atoms with E-state index in [-0.39, 0.29) is 9.79 Å². The summed E-state index contributed by atoms with van der Waals surface area (Å²) in [6, 6.07) is 12.4. The van der Waals surface area contributed by atoms with Crippen LogP contribution in [0.15, 0.2) is 58.3 Å². The number of anilines is 1. The van der Waals surface area contributed by atoms with Crippen molar-refractivity contribution in [3.63, 3.8) is 0 Å². The van der Waals surface area contributed by atoms with E-state index in [1.807, 2.05) is 12.1 Å². The van der Waals surface area contributed by atoms with Gasteiger partial charge in [-0.25, -0.2) is 16.8 Å². The van der Waals surface area contributed by atoms with E-state index in [0.29, 0.717) is 11.6 Å². The molecule has 1 N–H and O–H groups in total. The molecule has 0 fully saturated rings. The second-order valence-corrected chi connectivity index (χ2v) is 9.48. The molecule has 0 aliphatic heterocycles. The Kier molecular flexibility index (Phi) is 5.35. The minimum Gasteiger partial charge on any atom is -0.280 e. The molecule has 2 aromatic rings. The van der Waals surface area contributed by atoms with E-state index in [0.717, 1.165) is 18.2 Å². The Morgan fingerprint density at radius 1 is 0.875 bits per heavy atom. The number of benzene rings is 2. The van der Waals surface area contributed by atoms with Crippen LogP contribution >= 0.6 is 0 Å². The van der Waals surface area contributed by atoms with Gasteiger partial charge in [-0.05, 0) is 54.3 Å². The van der Waals surface area contributed by atoms with Crippen molar-refractivity contribution in [2.75, 3.05) is 11.0 Å². The number of hydrogen-bond donors (Lipinski definition) is 1. The molecule has 0 saturated heterocycles. The first-order valence-electron chi connectivity index (χ1n) is 7.56. The second kappa shape index (κ2) is 6.94. The molecule has 0 aliphatic carbocycles. The molecule has 0 aliphatic rings. The molecule has 1 atom stereocenters. The molecule has 0 radical (unpaired) electrons. The first-order chi connectivity index (χ1) is 11.1. The smallest absolute Gasteiger partial charge is 0.261 e. The molecule has 24 heavy (non-hydrogen) atoms. The summed E-state index contributed by atoms with van der Waals surface area (Å²) in [6.45, 7) is 4.17. The molecule has 0 aromatic heterocycles. The standard InChI is InChI=1S/C17H21NO4S2/c1-4-13(2)14-5-9-17(10-6-14)24(21,22)18-15-7-11-16(12-8-15)23(3,19)20/h5-13,18H,4H2,1-3H3/t13-/m1/s1. The molecular formula is C17H21NO4S2. The van der Waals surface area contributed by atoms with Gasteiger partial charge in [0.25, 0.3) is 10.0 Å². The molecule has 0 saturated carbocycles. The molecule has 0 heterocycles. The van der Waals surface area contributed by atoms with Gasteiger partial charge in [-0.2, -0.15) is 0 Å². The minimum absolute atomic E-state index is 0.142. The lowest BCUT2D eigenvalue weighted by atomic mass is 9.99. The van der Waals surface area contributed by atoms with E-state index in [9.17, 15) is 16.8 Å². The van der Waals surface area contributed by atoms with Crippen molar-refractivity contribution in [1.29, 1.82) is 0 Å². The largest absolute Gasteiger partial charge is 0.280 e. The molecule has 0 amide bonds. The molecule has 0 bridgehead atoms. The zero-order chi connectivity index (χ0) is 18.0. The fourth-order valence-corrected chi connectivity index (χ4v) is 3.88. The van der Waals surface area contributed by atoms with E-state index >= 15 is 0 Å². The monoisotopic (exact) mass is 367 g/mol. The fourth-order valence-electron chi connectivity index (χ4n) is 2.20. The third kappa shape index (κ3) is 4.36. The highest BCUT2D eigenvalue weighted by Gasteiger charge is 2.15. The van der Waals surface area contributed by atoms with Crippen LogP contribution in [0.25, 0.3) is 0 Å². The Morgan fingerprint density at radius 3 is 1.83 bits per heavy atom. The zero-order valence-corrected chi connectivity index (χ0v) is 15.5. The molecule has 0 unspecified atom stereocenters. The van der Waals surface area contributed by atoms with Crippen molar-refractivity contribution in [2.45, 2.75) is 36.0 Å². The lowest BCUT2D eigenvalue weighted by Gasteiger charge is -2.11. The first-order valence-corrected chi connectivity index (χ1v) is 10.9. The summed E-state index contributed by atoms with van der Waals surface area (Å²) in [7, 11) is -7.02. The van der Waals surface area contributed by atoms with Crippen LogP contribution in [0.2, 0.25) is 0 Å². The topological polar surface area (TPSA) is 80.3 Å². The maximum absolute atomic E-state index is 12.4. The van der Waals surface area contributed by atoms with Gasteiger partial charge in [0.1, 0.15) is 0 Å². The predicted molar refractivity (Wildman–Crippen MR) is 95.5 cm³/mol. The minimum atomic E-state index is -3.71. The van der Waals surface area contributed by atoms with E-state index in [4.69, 9.17) is 0 Å². The van der Waals surface area contributed by atoms with Crippen molar-refractivity contribution in [3.05, 3.63) is 54.1 Å². The number of rotatable bonds is 6. The van der Waals surface area contributed by atoms with Crippen LogP contribution in [-0.4, -0.2) is 23.1 Å². The fraction of sp³-hybridized carbons (Fsp3) is 0.294. The van der Waals surface area contributed by atoms with Crippen LogP contribution in [0.3, 0.4) is 0 Å². The molecule has 7 heteroatoms. The second-order valence-electron chi connectivity index (χ2n) is 5.78. The van der Waals surface area contributed by atoms with E-state index in [2.05, 4.69) is 18.6 Å². The van der Waals surface area contributed by atoms with Gasteiger partial charge in [0, 0.05) is 11.9 Å². The number of hydrogen-bond acceptors (Lipinski definition) is 4. The zero-order valence-electron chi connectivity index (χ0n) is 13.9. The molecule has 5 nitrogen and oxygen atoms in total. The Morgan fingerprint density at radius 2 is 1.38 bits per heavy atom. The van der Waals surface area contributed by atoms with Crippen LogP contribution in [0.4, 0.5) is 5.69 Å². The lowest BCUT2D eigenvalue weighted by Crippen LogP contribution is -2.13. The summed E-state index contributed by atoms with van der Waals surface area (Å²) in [5.41, 5.74) is 1.40. The third-order valence-electron chi connectivity index (χ3n) is 3.91. The Hall–Kier alpha value is -1.86. The average molecular weight is 367 g/mol. The van der Waals surface area contributed by atoms with E-state index in [1.165, 1.54) is 24.3 Å². The average Bonchev–Trinajstić information content (AvgIpc) is 2.53. The van der Waals surface area contributed by atoms with Crippen molar-refractivity contribution in [3.8, 4) is 0 Å². The van der Waals surface area contributed by atoms with Crippen molar-refractivity contribution in [2.24, 2.45) is 0 Å². The van der Waals surface area contributed by atoms with Gasteiger partial charge >= 0.3 is 0 Å². The van der Waals surface area contributed by atoms with Gasteiger partial charge in [0.2, 0.25) is 0 Å². The van der Waals surface area contributed by atoms with Gasteiger partial charge in [-0.1, -0.05) is 26.0 Å². The van der Waals surface area contributed by atoms with Gasteiger partial charge in [-0.15, -0.1) is 0 Å².